The summed E-state index contributed by atoms with van der Waals surface area (Å²) in [5, 5.41) is 0. The number of sulfonamides is 1. The second kappa shape index (κ2) is 11.2. The van der Waals surface area contributed by atoms with E-state index in [0.29, 0.717) is 18.8 Å². The fourth-order valence-electron chi connectivity index (χ4n) is 2.89. The van der Waals surface area contributed by atoms with Gasteiger partial charge in [-0.1, -0.05) is 45.4 Å². The van der Waals surface area contributed by atoms with E-state index < -0.39 is 10.0 Å². The quantitative estimate of drug-likeness (QED) is 0.266. The number of hydrogen-bond donors (Lipinski definition) is 0. The summed E-state index contributed by atoms with van der Waals surface area (Å²) < 4.78 is 27.4. The number of likely N-dealkylation sites (N-methyl/N-ethyl adjacent to an activating group) is 1. The smallest absolute Gasteiger partial charge is 0.214 e. The first-order valence-electron chi connectivity index (χ1n) is 8.75. The van der Waals surface area contributed by atoms with Gasteiger partial charge in [0, 0.05) is 0 Å². The zero-order valence-corrected chi connectivity index (χ0v) is 17.7. The molecule has 0 radical (unpaired) electrons. The minimum Gasteiger partial charge on any atom is -1.00 e. The molecule has 0 aromatic rings. The largest absolute Gasteiger partial charge is 1.00 e. The molecular formula is C16H35IN2O2S. The number of hydrogen-bond acceptors (Lipinski definition) is 2. The van der Waals surface area contributed by atoms with Crippen LogP contribution in [0.15, 0.2) is 0 Å². The first-order chi connectivity index (χ1) is 9.93. The molecule has 1 rings (SSSR count). The van der Waals surface area contributed by atoms with Gasteiger partial charge in [-0.3, -0.25) is 0 Å². The number of nitrogens with zero attached hydrogens (tertiary/aromatic N) is 2. The van der Waals surface area contributed by atoms with E-state index in [2.05, 4.69) is 20.9 Å². The molecule has 0 N–H and O–H groups in total. The van der Waals surface area contributed by atoms with Crippen LogP contribution in [-0.2, 0) is 10.0 Å². The second-order valence-electron chi connectivity index (χ2n) is 6.72. The Morgan fingerprint density at radius 1 is 0.909 bits per heavy atom. The molecule has 22 heavy (non-hydrogen) atoms. The van der Waals surface area contributed by atoms with Crippen molar-refractivity contribution in [2.45, 2.75) is 58.8 Å². The van der Waals surface area contributed by atoms with E-state index in [1.807, 2.05) is 0 Å². The van der Waals surface area contributed by atoms with Crippen LogP contribution >= 0.6 is 0 Å². The van der Waals surface area contributed by atoms with Gasteiger partial charge in [0.05, 0.1) is 45.5 Å². The van der Waals surface area contributed by atoms with Crippen LogP contribution < -0.4 is 24.0 Å². The Labute approximate surface area is 155 Å². The van der Waals surface area contributed by atoms with Gasteiger partial charge in [0.2, 0.25) is 10.0 Å². The lowest BCUT2D eigenvalue weighted by Crippen LogP contribution is -3.00. The van der Waals surface area contributed by atoms with Crippen LogP contribution in [0, 0.1) is 0 Å². The maximum atomic E-state index is 12.3. The molecule has 6 heteroatoms. The van der Waals surface area contributed by atoms with Gasteiger partial charge >= 0.3 is 0 Å². The molecule has 0 aliphatic carbocycles. The Hall–Kier alpha value is 0.600. The molecule has 4 nitrogen and oxygen atoms in total. The lowest BCUT2D eigenvalue weighted by atomic mass is 10.1. The van der Waals surface area contributed by atoms with Crippen LogP contribution in [0.2, 0.25) is 0 Å². The Bertz CT molecular complexity index is 380. The molecule has 0 bridgehead atoms. The fourth-order valence-corrected chi connectivity index (χ4v) is 4.44. The standard InChI is InChI=1S/C16H35N2O2S.HI/c1-4-6-7-8-9-10-11-16-21(19,20)17-12-14-18(3,5-2)15-13-17;/h4-16H2,1-3H3;1H/q+1;/p-1. The summed E-state index contributed by atoms with van der Waals surface area (Å²) in [6, 6.07) is 0. The minimum atomic E-state index is -3.02. The summed E-state index contributed by atoms with van der Waals surface area (Å²) >= 11 is 0. The number of rotatable bonds is 10. The van der Waals surface area contributed by atoms with Crippen molar-refractivity contribution in [3.63, 3.8) is 0 Å². The van der Waals surface area contributed by atoms with Gasteiger partial charge < -0.3 is 28.5 Å². The molecule has 134 valence electrons. The number of quaternary nitrogens is 1. The van der Waals surface area contributed by atoms with Gasteiger partial charge in [0.25, 0.3) is 0 Å². The molecule has 0 atom stereocenters. The molecule has 0 spiro atoms. The molecule has 1 aliphatic heterocycles. The van der Waals surface area contributed by atoms with Crippen molar-refractivity contribution in [3.05, 3.63) is 0 Å². The van der Waals surface area contributed by atoms with Gasteiger partial charge in [-0.2, -0.15) is 4.31 Å². The Morgan fingerprint density at radius 3 is 1.91 bits per heavy atom. The third-order valence-corrected chi connectivity index (χ3v) is 6.90. The van der Waals surface area contributed by atoms with E-state index in [-0.39, 0.29) is 24.0 Å². The first kappa shape index (κ1) is 22.6. The van der Waals surface area contributed by atoms with Crippen LogP contribution in [0.5, 0.6) is 0 Å². The normalized spacial score (nSPS) is 18.9. The van der Waals surface area contributed by atoms with Crippen LogP contribution in [-0.4, -0.2) is 62.7 Å². The van der Waals surface area contributed by atoms with E-state index in [1.165, 1.54) is 32.1 Å². The lowest BCUT2D eigenvalue weighted by Gasteiger charge is -2.40. The highest BCUT2D eigenvalue weighted by Gasteiger charge is 2.32. The van der Waals surface area contributed by atoms with Crippen molar-refractivity contribution < 1.29 is 36.9 Å². The number of piperazine rings is 1. The Balaban J connectivity index is 0.00000441. The molecule has 1 aliphatic rings. The number of unbranched alkanes of at least 4 members (excludes halogenated alkanes) is 6. The molecule has 1 saturated heterocycles. The average Bonchev–Trinajstić information content (AvgIpc) is 2.47. The predicted molar refractivity (Wildman–Crippen MR) is 89.8 cm³/mol. The van der Waals surface area contributed by atoms with E-state index in [9.17, 15) is 8.42 Å². The van der Waals surface area contributed by atoms with E-state index in [0.717, 1.165) is 37.0 Å². The van der Waals surface area contributed by atoms with Crippen molar-refractivity contribution in [1.82, 2.24) is 4.31 Å². The monoisotopic (exact) mass is 446 g/mol. The molecule has 1 heterocycles. The van der Waals surface area contributed by atoms with Crippen LogP contribution in [0.3, 0.4) is 0 Å². The maximum Gasteiger partial charge on any atom is 0.214 e. The van der Waals surface area contributed by atoms with Crippen molar-refractivity contribution in [1.29, 1.82) is 0 Å². The summed E-state index contributed by atoms with van der Waals surface area (Å²) in [6.07, 6.45) is 8.18. The number of halogens is 1. The molecule has 1 fully saturated rings. The van der Waals surface area contributed by atoms with Gasteiger partial charge in [-0.05, 0) is 13.3 Å². The lowest BCUT2D eigenvalue weighted by molar-refractivity contribution is -0.911. The molecular weight excluding hydrogens is 411 g/mol. The zero-order chi connectivity index (χ0) is 15.8. The third kappa shape index (κ3) is 7.93. The highest BCUT2D eigenvalue weighted by molar-refractivity contribution is 7.89. The summed E-state index contributed by atoms with van der Waals surface area (Å²) in [7, 11) is -0.793. The van der Waals surface area contributed by atoms with Crippen LogP contribution in [0.4, 0.5) is 0 Å². The highest BCUT2D eigenvalue weighted by atomic mass is 127. The van der Waals surface area contributed by atoms with Crippen molar-refractivity contribution in [3.8, 4) is 0 Å². The topological polar surface area (TPSA) is 37.4 Å². The van der Waals surface area contributed by atoms with Crippen molar-refractivity contribution >= 4 is 10.0 Å². The van der Waals surface area contributed by atoms with Crippen LogP contribution in [0.25, 0.3) is 0 Å². The minimum absolute atomic E-state index is 0. The molecule has 0 aromatic carbocycles. The SMILES string of the molecule is CCCCCCCCCS(=O)(=O)N1CC[N+](C)(CC)CC1.[I-]. The molecule has 0 saturated carbocycles. The zero-order valence-electron chi connectivity index (χ0n) is 14.7. The van der Waals surface area contributed by atoms with Gasteiger partial charge in [-0.15, -0.1) is 0 Å². The Kier molecular flexibility index (Phi) is 11.5. The summed E-state index contributed by atoms with van der Waals surface area (Å²) in [5.74, 6) is 0.344. The summed E-state index contributed by atoms with van der Waals surface area (Å²) in [4.78, 5) is 0. The van der Waals surface area contributed by atoms with E-state index in [1.54, 1.807) is 4.31 Å². The van der Waals surface area contributed by atoms with E-state index in [4.69, 9.17) is 0 Å². The molecule has 0 amide bonds. The fraction of sp³-hybridized carbons (Fsp3) is 1.00. The molecule has 0 aromatic heterocycles. The third-order valence-electron chi connectivity index (χ3n) is 4.94. The second-order valence-corrected chi connectivity index (χ2v) is 8.81. The summed E-state index contributed by atoms with van der Waals surface area (Å²) in [6.45, 7) is 8.79. The van der Waals surface area contributed by atoms with Gasteiger partial charge in [0.15, 0.2) is 0 Å². The first-order valence-corrected chi connectivity index (χ1v) is 10.4. The molecule has 0 unspecified atom stereocenters. The highest BCUT2D eigenvalue weighted by Crippen LogP contribution is 2.15. The summed E-state index contributed by atoms with van der Waals surface area (Å²) in [5.41, 5.74) is 0. The van der Waals surface area contributed by atoms with Crippen LogP contribution in [0.1, 0.15) is 58.8 Å². The van der Waals surface area contributed by atoms with E-state index >= 15 is 0 Å². The van der Waals surface area contributed by atoms with Crippen molar-refractivity contribution in [2.24, 2.45) is 0 Å². The average molecular weight is 446 g/mol. The van der Waals surface area contributed by atoms with Crippen molar-refractivity contribution in [2.75, 3.05) is 45.5 Å². The maximum absolute atomic E-state index is 12.3. The van der Waals surface area contributed by atoms with Gasteiger partial charge in [0.1, 0.15) is 0 Å². The Morgan fingerprint density at radius 2 is 1.41 bits per heavy atom. The van der Waals surface area contributed by atoms with Gasteiger partial charge in [-0.25, -0.2) is 8.42 Å². The predicted octanol–water partition coefficient (Wildman–Crippen LogP) is -0.147.